The Kier molecular flexibility index (Phi) is 7.50. The number of hydrogen-bond acceptors (Lipinski definition) is 5. The molecular formula is C19H25NO4S. The van der Waals surface area contributed by atoms with Gasteiger partial charge >= 0.3 is 0 Å². The molecule has 1 heterocycles. The lowest BCUT2D eigenvalue weighted by molar-refractivity contribution is -0.384. The molecule has 0 spiro atoms. The highest BCUT2D eigenvalue weighted by molar-refractivity contribution is 8.03. The van der Waals surface area contributed by atoms with E-state index in [0.29, 0.717) is 5.75 Å². The normalized spacial score (nSPS) is 18.6. The minimum Gasteiger partial charge on any atom is -0.485 e. The lowest BCUT2D eigenvalue weighted by atomic mass is 10.0. The molecule has 0 N–H and O–H groups in total. The first-order valence-corrected chi connectivity index (χ1v) is 9.79. The number of non-ortho nitro benzene ring substituents is 1. The average molecular weight is 363 g/mol. The van der Waals surface area contributed by atoms with Crippen molar-refractivity contribution in [1.82, 2.24) is 0 Å². The molecule has 0 radical (unpaired) electrons. The highest BCUT2D eigenvalue weighted by Gasteiger charge is 2.25. The predicted octanol–water partition coefficient (Wildman–Crippen LogP) is 5.15. The van der Waals surface area contributed by atoms with E-state index in [1.54, 1.807) is 30.0 Å². The summed E-state index contributed by atoms with van der Waals surface area (Å²) in [5.41, 5.74) is 0.0436. The van der Waals surface area contributed by atoms with Crippen molar-refractivity contribution in [2.45, 2.75) is 52.1 Å². The SMILES string of the molecule is CCCCCCC(Oc1ccc([N+](=O)[O-])cc1)C1=CC(=O)C(C)CS1. The van der Waals surface area contributed by atoms with Crippen molar-refractivity contribution < 1.29 is 14.5 Å². The molecular weight excluding hydrogens is 338 g/mol. The quantitative estimate of drug-likeness (QED) is 0.345. The van der Waals surface area contributed by atoms with Gasteiger partial charge in [0.1, 0.15) is 11.9 Å². The highest BCUT2D eigenvalue weighted by Crippen LogP contribution is 2.33. The molecule has 0 fully saturated rings. The molecule has 0 amide bonds. The molecule has 0 saturated carbocycles. The summed E-state index contributed by atoms with van der Waals surface area (Å²) in [7, 11) is 0. The molecule has 136 valence electrons. The van der Waals surface area contributed by atoms with Gasteiger partial charge < -0.3 is 4.74 Å². The third-order valence-corrected chi connectivity index (χ3v) is 5.61. The van der Waals surface area contributed by atoms with Crippen molar-refractivity contribution in [3.8, 4) is 5.75 Å². The molecule has 1 aromatic rings. The number of unbranched alkanes of at least 4 members (excludes halogenated alkanes) is 3. The summed E-state index contributed by atoms with van der Waals surface area (Å²) in [6.07, 6.45) is 6.92. The van der Waals surface area contributed by atoms with Crippen LogP contribution in [-0.4, -0.2) is 22.6 Å². The number of nitro benzene ring substituents is 1. The second kappa shape index (κ2) is 9.61. The topological polar surface area (TPSA) is 69.4 Å². The third kappa shape index (κ3) is 5.88. The summed E-state index contributed by atoms with van der Waals surface area (Å²) in [6, 6.07) is 6.13. The maximum absolute atomic E-state index is 12.0. The number of thioether (sulfide) groups is 1. The van der Waals surface area contributed by atoms with Gasteiger partial charge in [0.25, 0.3) is 5.69 Å². The van der Waals surface area contributed by atoms with Crippen molar-refractivity contribution in [2.75, 3.05) is 5.75 Å². The number of hydrogen-bond donors (Lipinski definition) is 0. The molecule has 0 saturated heterocycles. The molecule has 2 atom stereocenters. The maximum Gasteiger partial charge on any atom is 0.269 e. The Bertz CT molecular complexity index is 627. The van der Waals surface area contributed by atoms with Gasteiger partial charge in [0, 0.05) is 28.7 Å². The zero-order chi connectivity index (χ0) is 18.2. The number of carbonyl (C=O) groups excluding carboxylic acids is 1. The van der Waals surface area contributed by atoms with Gasteiger partial charge in [0.2, 0.25) is 0 Å². The Morgan fingerprint density at radius 3 is 2.60 bits per heavy atom. The van der Waals surface area contributed by atoms with E-state index in [1.165, 1.54) is 25.0 Å². The summed E-state index contributed by atoms with van der Waals surface area (Å²) in [6.45, 7) is 4.11. The van der Waals surface area contributed by atoms with Crippen LogP contribution in [-0.2, 0) is 4.79 Å². The molecule has 1 aliphatic heterocycles. The van der Waals surface area contributed by atoms with Crippen LogP contribution in [0.25, 0.3) is 0 Å². The fourth-order valence-electron chi connectivity index (χ4n) is 2.64. The van der Waals surface area contributed by atoms with Gasteiger partial charge in [-0.2, -0.15) is 0 Å². The first kappa shape index (κ1) is 19.5. The monoisotopic (exact) mass is 363 g/mol. The van der Waals surface area contributed by atoms with Crippen molar-refractivity contribution in [3.63, 3.8) is 0 Å². The number of nitro groups is 1. The van der Waals surface area contributed by atoms with Gasteiger partial charge in [-0.15, -0.1) is 11.8 Å². The van der Waals surface area contributed by atoms with Crippen LogP contribution in [0.2, 0.25) is 0 Å². The van der Waals surface area contributed by atoms with Crippen molar-refractivity contribution in [3.05, 3.63) is 45.4 Å². The van der Waals surface area contributed by atoms with E-state index in [-0.39, 0.29) is 23.5 Å². The molecule has 1 aliphatic rings. The van der Waals surface area contributed by atoms with Crippen molar-refractivity contribution >= 4 is 23.2 Å². The standard InChI is InChI=1S/C19H25NO4S/c1-3-4-5-6-7-18(19-12-17(21)14(2)13-25-19)24-16-10-8-15(9-11-16)20(22)23/h8-12,14,18H,3-7,13H2,1-2H3. The van der Waals surface area contributed by atoms with Crippen LogP contribution in [0.4, 0.5) is 5.69 Å². The van der Waals surface area contributed by atoms with Crippen LogP contribution < -0.4 is 4.74 Å². The second-order valence-electron chi connectivity index (χ2n) is 6.37. The van der Waals surface area contributed by atoms with Gasteiger partial charge in [-0.05, 0) is 31.1 Å². The van der Waals surface area contributed by atoms with Crippen LogP contribution in [0, 0.1) is 16.0 Å². The smallest absolute Gasteiger partial charge is 0.269 e. The molecule has 5 nitrogen and oxygen atoms in total. The molecule has 0 aromatic heterocycles. The predicted molar refractivity (Wildman–Crippen MR) is 101 cm³/mol. The molecule has 25 heavy (non-hydrogen) atoms. The van der Waals surface area contributed by atoms with Gasteiger partial charge in [-0.1, -0.05) is 33.1 Å². The first-order chi connectivity index (χ1) is 12.0. The van der Waals surface area contributed by atoms with Gasteiger partial charge in [-0.3, -0.25) is 14.9 Å². The second-order valence-corrected chi connectivity index (χ2v) is 7.46. The lowest BCUT2D eigenvalue weighted by Crippen LogP contribution is -2.24. The molecule has 2 rings (SSSR count). The van der Waals surface area contributed by atoms with E-state index >= 15 is 0 Å². The van der Waals surface area contributed by atoms with Crippen molar-refractivity contribution in [1.29, 1.82) is 0 Å². The molecule has 0 aliphatic carbocycles. The van der Waals surface area contributed by atoms with Crippen LogP contribution in [0.15, 0.2) is 35.2 Å². The minimum atomic E-state index is -0.425. The fourth-order valence-corrected chi connectivity index (χ4v) is 3.80. The summed E-state index contributed by atoms with van der Waals surface area (Å²) in [5.74, 6) is 1.58. The summed E-state index contributed by atoms with van der Waals surface area (Å²) in [4.78, 5) is 23.3. The average Bonchev–Trinajstić information content (AvgIpc) is 2.60. The number of ether oxygens (including phenoxy) is 1. The Balaban J connectivity index is 2.09. The highest BCUT2D eigenvalue weighted by atomic mass is 32.2. The summed E-state index contributed by atoms with van der Waals surface area (Å²) >= 11 is 1.68. The molecule has 6 heteroatoms. The van der Waals surface area contributed by atoms with E-state index in [1.807, 2.05) is 6.92 Å². The number of rotatable bonds is 9. The molecule has 0 bridgehead atoms. The van der Waals surface area contributed by atoms with Crippen LogP contribution in [0.1, 0.15) is 46.0 Å². The minimum absolute atomic E-state index is 0.0436. The fraction of sp³-hybridized carbons (Fsp3) is 0.526. The third-order valence-electron chi connectivity index (χ3n) is 4.23. The Hall–Kier alpha value is -1.82. The largest absolute Gasteiger partial charge is 0.485 e. The van der Waals surface area contributed by atoms with Crippen LogP contribution in [0.3, 0.4) is 0 Å². The first-order valence-electron chi connectivity index (χ1n) is 8.80. The lowest BCUT2D eigenvalue weighted by Gasteiger charge is -2.25. The van der Waals surface area contributed by atoms with E-state index in [2.05, 4.69) is 6.92 Å². The van der Waals surface area contributed by atoms with E-state index in [4.69, 9.17) is 4.74 Å². The Morgan fingerprint density at radius 1 is 1.28 bits per heavy atom. The summed E-state index contributed by atoms with van der Waals surface area (Å²) in [5, 5.41) is 10.8. The molecule has 1 aromatic carbocycles. The van der Waals surface area contributed by atoms with Crippen LogP contribution >= 0.6 is 11.8 Å². The number of benzene rings is 1. The van der Waals surface area contributed by atoms with Gasteiger partial charge in [-0.25, -0.2) is 0 Å². The maximum atomic E-state index is 12.0. The Morgan fingerprint density at radius 2 is 2.00 bits per heavy atom. The van der Waals surface area contributed by atoms with Gasteiger partial charge in [0.05, 0.1) is 4.92 Å². The zero-order valence-corrected chi connectivity index (χ0v) is 15.6. The van der Waals surface area contributed by atoms with Crippen molar-refractivity contribution in [2.24, 2.45) is 5.92 Å². The Labute approximate surface area is 153 Å². The van der Waals surface area contributed by atoms with E-state index in [0.717, 1.165) is 29.9 Å². The number of carbonyl (C=O) groups is 1. The summed E-state index contributed by atoms with van der Waals surface area (Å²) < 4.78 is 6.09. The zero-order valence-electron chi connectivity index (χ0n) is 14.8. The number of allylic oxidation sites excluding steroid dienone is 1. The molecule has 2 unspecified atom stereocenters. The number of nitrogens with zero attached hydrogens (tertiary/aromatic N) is 1. The van der Waals surface area contributed by atoms with E-state index in [9.17, 15) is 14.9 Å². The van der Waals surface area contributed by atoms with Crippen LogP contribution in [0.5, 0.6) is 5.75 Å². The van der Waals surface area contributed by atoms with E-state index < -0.39 is 4.92 Å². The van der Waals surface area contributed by atoms with Gasteiger partial charge in [0.15, 0.2) is 5.78 Å². The number of ketones is 1.